The third-order valence-corrected chi connectivity index (χ3v) is 3.37. The maximum absolute atomic E-state index is 12.2. The fraction of sp³-hybridized carbons (Fsp3) is 0. The summed E-state index contributed by atoms with van der Waals surface area (Å²) in [5, 5.41) is 2.58. The Morgan fingerprint density at radius 3 is 2.75 bits per heavy atom. The number of thiophene rings is 1. The number of benzene rings is 1. The van der Waals surface area contributed by atoms with Crippen molar-refractivity contribution in [3.63, 3.8) is 0 Å². The van der Waals surface area contributed by atoms with Gasteiger partial charge in [-0.1, -0.05) is 18.2 Å². The van der Waals surface area contributed by atoms with Crippen LogP contribution >= 0.6 is 11.3 Å². The predicted octanol–water partition coefficient (Wildman–Crippen LogP) is 3.52. The van der Waals surface area contributed by atoms with Crippen molar-refractivity contribution >= 4 is 22.3 Å². The molecule has 1 aromatic carbocycles. The maximum Gasteiger partial charge on any atom is 0.201 e. The Balaban J connectivity index is 2.37. The molecule has 3 rings (SSSR count). The highest BCUT2D eigenvalue weighted by molar-refractivity contribution is 7.13. The summed E-state index contributed by atoms with van der Waals surface area (Å²) in [5.41, 5.74) is 1.30. The maximum atomic E-state index is 12.2. The molecule has 0 spiro atoms. The molecule has 2 heterocycles. The minimum atomic E-state index is 0.0318. The van der Waals surface area contributed by atoms with Crippen LogP contribution in [-0.4, -0.2) is 0 Å². The zero-order valence-electron chi connectivity index (χ0n) is 8.34. The van der Waals surface area contributed by atoms with Gasteiger partial charge in [0, 0.05) is 4.88 Å². The van der Waals surface area contributed by atoms with E-state index in [0.717, 1.165) is 4.88 Å². The van der Waals surface area contributed by atoms with Crippen molar-refractivity contribution in [2.75, 3.05) is 0 Å². The van der Waals surface area contributed by atoms with Gasteiger partial charge in [0.05, 0.1) is 10.9 Å². The second-order valence-electron chi connectivity index (χ2n) is 3.45. The fourth-order valence-corrected chi connectivity index (χ4v) is 2.41. The van der Waals surface area contributed by atoms with Gasteiger partial charge in [0.25, 0.3) is 0 Å². The lowest BCUT2D eigenvalue weighted by atomic mass is 10.1. The summed E-state index contributed by atoms with van der Waals surface area (Å²) in [5.74, 6) is 0. The Bertz CT molecular complexity index is 680. The molecule has 0 unspecified atom stereocenters. The molecule has 0 atom stereocenters. The summed E-state index contributed by atoms with van der Waals surface area (Å²) in [6.07, 6.45) is 1.54. The largest absolute Gasteiger partial charge is 0.463 e. The van der Waals surface area contributed by atoms with Crippen LogP contribution in [0.4, 0.5) is 0 Å². The van der Waals surface area contributed by atoms with Crippen molar-refractivity contribution in [2.45, 2.75) is 0 Å². The quantitative estimate of drug-likeness (QED) is 0.638. The number of rotatable bonds is 1. The molecule has 2 aromatic heterocycles. The van der Waals surface area contributed by atoms with Gasteiger partial charge >= 0.3 is 0 Å². The van der Waals surface area contributed by atoms with Gasteiger partial charge in [0.2, 0.25) is 5.43 Å². The van der Waals surface area contributed by atoms with E-state index >= 15 is 0 Å². The van der Waals surface area contributed by atoms with Crippen molar-refractivity contribution in [1.82, 2.24) is 0 Å². The molecule has 16 heavy (non-hydrogen) atoms. The molecule has 0 bridgehead atoms. The monoisotopic (exact) mass is 228 g/mol. The van der Waals surface area contributed by atoms with Crippen LogP contribution in [0, 0.1) is 0 Å². The Kier molecular flexibility index (Phi) is 2.11. The number of hydrogen-bond donors (Lipinski definition) is 0. The van der Waals surface area contributed by atoms with Crippen molar-refractivity contribution in [1.29, 1.82) is 0 Å². The van der Waals surface area contributed by atoms with Crippen LogP contribution < -0.4 is 5.43 Å². The first kappa shape index (κ1) is 9.36. The SMILES string of the molecule is O=c1c(-c2cccs2)coc2ccccc12. The van der Waals surface area contributed by atoms with E-state index in [4.69, 9.17) is 4.42 Å². The van der Waals surface area contributed by atoms with E-state index in [9.17, 15) is 4.79 Å². The lowest BCUT2D eigenvalue weighted by Gasteiger charge is -1.99. The predicted molar refractivity (Wildman–Crippen MR) is 65.8 cm³/mol. The van der Waals surface area contributed by atoms with E-state index in [-0.39, 0.29) is 5.43 Å². The van der Waals surface area contributed by atoms with Crippen LogP contribution in [0.2, 0.25) is 0 Å². The smallest absolute Gasteiger partial charge is 0.201 e. The highest BCUT2D eigenvalue weighted by Crippen LogP contribution is 2.23. The van der Waals surface area contributed by atoms with Crippen LogP contribution in [0.3, 0.4) is 0 Å². The second kappa shape index (κ2) is 3.61. The number of hydrogen-bond acceptors (Lipinski definition) is 3. The van der Waals surface area contributed by atoms with Gasteiger partial charge in [0.15, 0.2) is 0 Å². The first-order chi connectivity index (χ1) is 7.86. The van der Waals surface area contributed by atoms with Crippen molar-refractivity contribution in [3.05, 3.63) is 58.3 Å². The van der Waals surface area contributed by atoms with E-state index in [1.807, 2.05) is 29.6 Å². The van der Waals surface area contributed by atoms with Gasteiger partial charge < -0.3 is 4.42 Å². The number of para-hydroxylation sites is 1. The van der Waals surface area contributed by atoms with Crippen LogP contribution in [0.1, 0.15) is 0 Å². The third kappa shape index (κ3) is 1.37. The van der Waals surface area contributed by atoms with Crippen LogP contribution in [-0.2, 0) is 0 Å². The summed E-state index contributed by atoms with van der Waals surface area (Å²) in [7, 11) is 0. The first-order valence-corrected chi connectivity index (χ1v) is 5.78. The zero-order chi connectivity index (χ0) is 11.0. The zero-order valence-corrected chi connectivity index (χ0v) is 9.16. The lowest BCUT2D eigenvalue weighted by Crippen LogP contribution is -2.03. The minimum Gasteiger partial charge on any atom is -0.463 e. The molecule has 0 saturated heterocycles. The van der Waals surface area contributed by atoms with Gasteiger partial charge in [-0.2, -0.15) is 0 Å². The molecule has 78 valence electrons. The molecule has 0 aliphatic carbocycles. The molecule has 0 saturated carbocycles. The highest BCUT2D eigenvalue weighted by Gasteiger charge is 2.08. The van der Waals surface area contributed by atoms with E-state index in [2.05, 4.69) is 0 Å². The molecule has 0 N–H and O–H groups in total. The van der Waals surface area contributed by atoms with E-state index in [0.29, 0.717) is 16.5 Å². The van der Waals surface area contributed by atoms with Crippen molar-refractivity contribution in [2.24, 2.45) is 0 Å². The summed E-state index contributed by atoms with van der Waals surface area (Å²) in [6.45, 7) is 0. The average Bonchev–Trinajstić information content (AvgIpc) is 2.83. The summed E-state index contributed by atoms with van der Waals surface area (Å²) in [4.78, 5) is 13.1. The van der Waals surface area contributed by atoms with Gasteiger partial charge in [-0.15, -0.1) is 11.3 Å². The summed E-state index contributed by atoms with van der Waals surface area (Å²) >= 11 is 1.54. The Morgan fingerprint density at radius 1 is 1.06 bits per heavy atom. The Labute approximate surface area is 95.8 Å². The molecule has 0 amide bonds. The molecule has 0 radical (unpaired) electrons. The van der Waals surface area contributed by atoms with E-state index in [1.54, 1.807) is 12.1 Å². The molecular formula is C13H8O2S. The highest BCUT2D eigenvalue weighted by atomic mass is 32.1. The second-order valence-corrected chi connectivity index (χ2v) is 4.40. The average molecular weight is 228 g/mol. The topological polar surface area (TPSA) is 30.2 Å². The molecule has 0 aliphatic heterocycles. The van der Waals surface area contributed by atoms with Gasteiger partial charge in [-0.05, 0) is 23.6 Å². The first-order valence-electron chi connectivity index (χ1n) is 4.91. The summed E-state index contributed by atoms with van der Waals surface area (Å²) in [6, 6.07) is 11.1. The van der Waals surface area contributed by atoms with Crippen molar-refractivity contribution in [3.8, 4) is 10.4 Å². The molecule has 3 aromatic rings. The van der Waals surface area contributed by atoms with Gasteiger partial charge in [-0.25, -0.2) is 0 Å². The van der Waals surface area contributed by atoms with Crippen molar-refractivity contribution < 1.29 is 4.42 Å². The minimum absolute atomic E-state index is 0.0318. The standard InChI is InChI=1S/C13H8O2S/c14-13-9-4-1-2-5-11(9)15-8-10(13)12-6-3-7-16-12/h1-8H. The molecular weight excluding hydrogens is 220 g/mol. The third-order valence-electron chi connectivity index (χ3n) is 2.47. The van der Waals surface area contributed by atoms with Gasteiger partial charge in [0.1, 0.15) is 11.8 Å². The van der Waals surface area contributed by atoms with E-state index < -0.39 is 0 Å². The lowest BCUT2D eigenvalue weighted by molar-refractivity contribution is 0.605. The summed E-state index contributed by atoms with van der Waals surface area (Å²) < 4.78 is 5.45. The van der Waals surface area contributed by atoms with Crippen LogP contribution in [0.25, 0.3) is 21.4 Å². The molecule has 0 fully saturated rings. The van der Waals surface area contributed by atoms with Crippen LogP contribution in [0.15, 0.2) is 57.3 Å². The normalized spacial score (nSPS) is 10.8. The Morgan fingerprint density at radius 2 is 1.94 bits per heavy atom. The van der Waals surface area contributed by atoms with Crippen LogP contribution in [0.5, 0.6) is 0 Å². The molecule has 3 heteroatoms. The fourth-order valence-electron chi connectivity index (χ4n) is 1.68. The van der Waals surface area contributed by atoms with Gasteiger partial charge in [-0.3, -0.25) is 4.79 Å². The number of fused-ring (bicyclic) bond motifs is 1. The molecule has 2 nitrogen and oxygen atoms in total. The van der Waals surface area contributed by atoms with E-state index in [1.165, 1.54) is 17.6 Å². The Hall–Kier alpha value is -1.87. The molecule has 0 aliphatic rings.